The first kappa shape index (κ1) is 22.0. The highest BCUT2D eigenvalue weighted by molar-refractivity contribution is 5.83. The molecule has 1 atom stereocenters. The molecule has 1 heterocycles. The Morgan fingerprint density at radius 2 is 1.39 bits per heavy atom. The number of rotatable bonds is 6. The largest absolute Gasteiger partial charge is 0.496 e. The second kappa shape index (κ2) is 9.63. The van der Waals surface area contributed by atoms with E-state index in [-0.39, 0.29) is 6.10 Å². The van der Waals surface area contributed by atoms with Crippen LogP contribution in [0.2, 0.25) is 0 Å². The van der Waals surface area contributed by atoms with Crippen molar-refractivity contribution in [1.82, 2.24) is 0 Å². The van der Waals surface area contributed by atoms with E-state index in [1.54, 1.807) is 7.11 Å². The van der Waals surface area contributed by atoms with E-state index in [2.05, 4.69) is 108 Å². The number of methoxy groups -OCH3 is 1. The quantitative estimate of drug-likeness (QED) is 0.250. The van der Waals surface area contributed by atoms with E-state index in [9.17, 15) is 0 Å². The first-order valence-electron chi connectivity index (χ1n) is 12.2. The fourth-order valence-corrected chi connectivity index (χ4v) is 4.98. The lowest BCUT2D eigenvalue weighted by Crippen LogP contribution is -2.19. The molecule has 1 aliphatic heterocycles. The Kier molecular flexibility index (Phi) is 5.88. The summed E-state index contributed by atoms with van der Waals surface area (Å²) in [5, 5.41) is 0. The molecular weight excluding hydrogens is 442 g/mol. The second-order valence-corrected chi connectivity index (χ2v) is 8.92. The first-order valence-corrected chi connectivity index (χ1v) is 12.2. The summed E-state index contributed by atoms with van der Waals surface area (Å²) in [4.78, 5) is 2.36. The number of anilines is 2. The summed E-state index contributed by atoms with van der Waals surface area (Å²) >= 11 is 0. The van der Waals surface area contributed by atoms with Crippen LogP contribution < -0.4 is 14.4 Å². The summed E-state index contributed by atoms with van der Waals surface area (Å²) < 4.78 is 12.4. The average Bonchev–Trinajstić information content (AvgIpc) is 2.96. The molecule has 0 aliphatic carbocycles. The van der Waals surface area contributed by atoms with Gasteiger partial charge in [-0.1, -0.05) is 91.0 Å². The number of nitrogens with zero attached hydrogens (tertiary/aromatic N) is 1. The number of hydrogen-bond acceptors (Lipinski definition) is 3. The van der Waals surface area contributed by atoms with Crippen LogP contribution in [-0.2, 0) is 6.54 Å². The van der Waals surface area contributed by atoms with E-state index in [1.165, 1.54) is 5.56 Å². The number of para-hydroxylation sites is 1. The molecule has 3 heteroatoms. The smallest absolute Gasteiger partial charge is 0.150 e. The molecule has 0 N–H and O–H groups in total. The van der Waals surface area contributed by atoms with E-state index in [1.807, 2.05) is 24.3 Å². The highest BCUT2D eigenvalue weighted by Crippen LogP contribution is 2.50. The second-order valence-electron chi connectivity index (χ2n) is 8.92. The van der Waals surface area contributed by atoms with Gasteiger partial charge >= 0.3 is 0 Å². The van der Waals surface area contributed by atoms with Crippen LogP contribution in [0.1, 0.15) is 22.8 Å². The highest BCUT2D eigenvalue weighted by Gasteiger charge is 2.30. The van der Waals surface area contributed by atoms with Crippen molar-refractivity contribution >= 4 is 11.4 Å². The number of hydrogen-bond donors (Lipinski definition) is 0. The van der Waals surface area contributed by atoms with E-state index >= 15 is 0 Å². The van der Waals surface area contributed by atoms with Gasteiger partial charge in [-0.05, 0) is 53.1 Å². The van der Waals surface area contributed by atoms with Crippen LogP contribution >= 0.6 is 0 Å². The maximum Gasteiger partial charge on any atom is 0.150 e. The summed E-state index contributed by atoms with van der Waals surface area (Å²) in [6.07, 6.45) is -0.213. The lowest BCUT2D eigenvalue weighted by atomic mass is 9.88. The molecule has 176 valence electrons. The van der Waals surface area contributed by atoms with Gasteiger partial charge < -0.3 is 14.4 Å². The molecule has 0 saturated heterocycles. The van der Waals surface area contributed by atoms with Crippen molar-refractivity contribution in [1.29, 1.82) is 0 Å². The van der Waals surface area contributed by atoms with Crippen molar-refractivity contribution in [2.24, 2.45) is 0 Å². The number of benzene rings is 5. The maximum atomic E-state index is 6.65. The predicted molar refractivity (Wildman–Crippen MR) is 146 cm³/mol. The Balaban J connectivity index is 1.52. The molecule has 5 aromatic carbocycles. The first-order chi connectivity index (χ1) is 17.8. The molecule has 6 rings (SSSR count). The lowest BCUT2D eigenvalue weighted by molar-refractivity contribution is 0.242. The summed E-state index contributed by atoms with van der Waals surface area (Å²) in [5.74, 6) is 1.66. The van der Waals surface area contributed by atoms with Crippen LogP contribution in [0.5, 0.6) is 11.5 Å². The minimum absolute atomic E-state index is 0.213. The molecule has 0 spiro atoms. The van der Waals surface area contributed by atoms with Crippen LogP contribution in [-0.4, -0.2) is 7.11 Å². The third-order valence-corrected chi connectivity index (χ3v) is 6.71. The van der Waals surface area contributed by atoms with Gasteiger partial charge in [-0.2, -0.15) is 0 Å². The van der Waals surface area contributed by atoms with Crippen LogP contribution in [0.25, 0.3) is 11.1 Å². The van der Waals surface area contributed by atoms with Crippen LogP contribution in [0.15, 0.2) is 127 Å². The van der Waals surface area contributed by atoms with Gasteiger partial charge in [-0.25, -0.2) is 0 Å². The van der Waals surface area contributed by atoms with Gasteiger partial charge in [0.2, 0.25) is 0 Å². The van der Waals surface area contributed by atoms with Gasteiger partial charge in [0.05, 0.1) is 12.7 Å². The predicted octanol–water partition coefficient (Wildman–Crippen LogP) is 8.18. The Morgan fingerprint density at radius 1 is 0.694 bits per heavy atom. The molecule has 0 saturated carbocycles. The zero-order chi connectivity index (χ0) is 24.3. The van der Waals surface area contributed by atoms with E-state index in [0.29, 0.717) is 0 Å². The Bertz CT molecular complexity index is 1470. The van der Waals surface area contributed by atoms with Gasteiger partial charge in [0.1, 0.15) is 17.6 Å². The highest BCUT2D eigenvalue weighted by atomic mass is 16.5. The molecule has 36 heavy (non-hydrogen) atoms. The minimum Gasteiger partial charge on any atom is -0.496 e. The fraction of sp³-hybridized carbons (Fsp3) is 0.0909. The molecule has 3 nitrogen and oxygen atoms in total. The van der Waals surface area contributed by atoms with Crippen molar-refractivity contribution in [3.8, 4) is 22.6 Å². The molecule has 0 amide bonds. The molecule has 0 bridgehead atoms. The third-order valence-electron chi connectivity index (χ3n) is 6.71. The van der Waals surface area contributed by atoms with E-state index < -0.39 is 0 Å². The topological polar surface area (TPSA) is 21.7 Å². The Hall–Kier alpha value is -4.50. The zero-order valence-corrected chi connectivity index (χ0v) is 20.2. The Labute approximate surface area is 212 Å². The Morgan fingerprint density at radius 3 is 2.11 bits per heavy atom. The van der Waals surface area contributed by atoms with Gasteiger partial charge in [-0.3, -0.25) is 0 Å². The van der Waals surface area contributed by atoms with Gasteiger partial charge in [0.25, 0.3) is 0 Å². The van der Waals surface area contributed by atoms with Gasteiger partial charge in [0, 0.05) is 23.5 Å². The molecule has 0 aromatic heterocycles. The third kappa shape index (κ3) is 4.09. The monoisotopic (exact) mass is 469 g/mol. The van der Waals surface area contributed by atoms with Crippen LogP contribution in [0.4, 0.5) is 11.4 Å². The lowest BCUT2D eigenvalue weighted by Gasteiger charge is -2.32. The molecule has 1 unspecified atom stereocenters. The number of fused-ring (bicyclic) bond motifs is 3. The average molecular weight is 470 g/mol. The SMILES string of the molecule is COc1cccc2c1-c1ccc(N(Cc3ccccc3)c3ccccc3)cc1C(c1ccccc1)O2. The van der Waals surface area contributed by atoms with Crippen molar-refractivity contribution in [3.63, 3.8) is 0 Å². The molecule has 0 fully saturated rings. The maximum absolute atomic E-state index is 6.65. The molecule has 5 aromatic rings. The van der Waals surface area contributed by atoms with E-state index in [0.717, 1.165) is 51.7 Å². The molecule has 0 radical (unpaired) electrons. The summed E-state index contributed by atoms with van der Waals surface area (Å²) in [6, 6.07) is 44.3. The van der Waals surface area contributed by atoms with Crippen molar-refractivity contribution in [3.05, 3.63) is 144 Å². The van der Waals surface area contributed by atoms with Crippen molar-refractivity contribution in [2.45, 2.75) is 12.6 Å². The normalized spacial score (nSPS) is 13.8. The fourth-order valence-electron chi connectivity index (χ4n) is 4.98. The van der Waals surface area contributed by atoms with Gasteiger partial charge in [0.15, 0.2) is 0 Å². The standard InChI is InChI=1S/C33H27NO2/c1-35-30-18-11-19-31-32(30)28-21-20-27(22-29(28)33(36-31)25-14-7-3-8-15-25)34(26-16-9-4-10-17-26)23-24-12-5-2-6-13-24/h2-22,33H,23H2,1H3. The summed E-state index contributed by atoms with van der Waals surface area (Å²) in [7, 11) is 1.71. The van der Waals surface area contributed by atoms with E-state index in [4.69, 9.17) is 9.47 Å². The van der Waals surface area contributed by atoms with Crippen LogP contribution in [0, 0.1) is 0 Å². The minimum atomic E-state index is -0.213. The van der Waals surface area contributed by atoms with Crippen molar-refractivity contribution in [2.75, 3.05) is 12.0 Å². The molecular formula is C33H27NO2. The number of ether oxygens (including phenoxy) is 2. The molecule has 1 aliphatic rings. The van der Waals surface area contributed by atoms with Gasteiger partial charge in [-0.15, -0.1) is 0 Å². The summed E-state index contributed by atoms with van der Waals surface area (Å²) in [5.41, 5.74) is 7.91. The van der Waals surface area contributed by atoms with Crippen LogP contribution in [0.3, 0.4) is 0 Å². The zero-order valence-electron chi connectivity index (χ0n) is 20.2. The summed E-state index contributed by atoms with van der Waals surface area (Å²) in [6.45, 7) is 0.764. The van der Waals surface area contributed by atoms with Crippen molar-refractivity contribution < 1.29 is 9.47 Å².